The third-order valence-corrected chi connectivity index (χ3v) is 6.74. The molecule has 0 fully saturated rings. The lowest BCUT2D eigenvalue weighted by Crippen LogP contribution is -2.28. The molecule has 2 N–H and O–H groups in total. The van der Waals surface area contributed by atoms with Gasteiger partial charge in [0, 0.05) is 18.6 Å². The lowest BCUT2D eigenvalue weighted by molar-refractivity contribution is -0.385. The van der Waals surface area contributed by atoms with E-state index in [1.54, 1.807) is 25.1 Å². The van der Waals surface area contributed by atoms with Crippen molar-refractivity contribution in [2.45, 2.75) is 24.3 Å². The van der Waals surface area contributed by atoms with E-state index in [0.29, 0.717) is 24.7 Å². The van der Waals surface area contributed by atoms with Gasteiger partial charge in [0.1, 0.15) is 0 Å². The second kappa shape index (κ2) is 10.0. The zero-order valence-electron chi connectivity index (χ0n) is 18.8. The van der Waals surface area contributed by atoms with Gasteiger partial charge in [0.05, 0.1) is 40.3 Å². The van der Waals surface area contributed by atoms with Gasteiger partial charge in [0.15, 0.2) is 11.5 Å². The number of ether oxygens (including phenoxy) is 2. The van der Waals surface area contributed by atoms with Crippen molar-refractivity contribution in [3.8, 4) is 11.5 Å². The van der Waals surface area contributed by atoms with Crippen molar-refractivity contribution in [3.63, 3.8) is 0 Å². The molecule has 1 unspecified atom stereocenters. The van der Waals surface area contributed by atoms with Gasteiger partial charge >= 0.3 is 0 Å². The fourth-order valence-electron chi connectivity index (χ4n) is 3.54. The van der Waals surface area contributed by atoms with E-state index in [4.69, 9.17) is 9.47 Å². The first-order valence-electron chi connectivity index (χ1n) is 10.8. The van der Waals surface area contributed by atoms with Crippen molar-refractivity contribution < 1.29 is 27.6 Å². The molecule has 3 aromatic carbocycles. The molecule has 35 heavy (non-hydrogen) atoms. The van der Waals surface area contributed by atoms with Crippen molar-refractivity contribution in [2.75, 3.05) is 17.9 Å². The number of nitro benzene ring substituents is 1. The Hall–Kier alpha value is -4.12. The van der Waals surface area contributed by atoms with Crippen LogP contribution in [0.1, 0.15) is 35.3 Å². The van der Waals surface area contributed by atoms with Gasteiger partial charge in [0.25, 0.3) is 21.6 Å². The van der Waals surface area contributed by atoms with Crippen LogP contribution in [0, 0.1) is 10.1 Å². The lowest BCUT2D eigenvalue weighted by atomic mass is 10.1. The van der Waals surface area contributed by atoms with E-state index >= 15 is 0 Å². The Labute approximate surface area is 202 Å². The van der Waals surface area contributed by atoms with Crippen LogP contribution in [0.4, 0.5) is 11.4 Å². The number of hydrogen-bond donors (Lipinski definition) is 2. The summed E-state index contributed by atoms with van der Waals surface area (Å²) in [4.78, 5) is 23.1. The third kappa shape index (κ3) is 5.52. The van der Waals surface area contributed by atoms with Crippen molar-refractivity contribution in [1.29, 1.82) is 0 Å². The van der Waals surface area contributed by atoms with E-state index in [0.717, 1.165) is 18.1 Å². The van der Waals surface area contributed by atoms with Crippen LogP contribution in [0.3, 0.4) is 0 Å². The molecule has 0 saturated heterocycles. The average Bonchev–Trinajstić information content (AvgIpc) is 3.09. The number of fused-ring (bicyclic) bond motifs is 1. The summed E-state index contributed by atoms with van der Waals surface area (Å²) in [5, 5.41) is 13.9. The van der Waals surface area contributed by atoms with Gasteiger partial charge in [-0.2, -0.15) is 0 Å². The molecule has 1 amide bonds. The molecule has 1 aliphatic heterocycles. The lowest BCUT2D eigenvalue weighted by Gasteiger charge is -2.18. The summed E-state index contributed by atoms with van der Waals surface area (Å²) < 4.78 is 39.4. The third-order valence-electron chi connectivity index (χ3n) is 5.37. The molecule has 0 spiro atoms. The van der Waals surface area contributed by atoms with Crippen LogP contribution >= 0.6 is 0 Å². The summed E-state index contributed by atoms with van der Waals surface area (Å²) in [6, 6.07) is 15.8. The Morgan fingerprint density at radius 2 is 1.74 bits per heavy atom. The molecule has 0 saturated carbocycles. The van der Waals surface area contributed by atoms with Crippen LogP contribution in [0.2, 0.25) is 0 Å². The number of nitro groups is 1. The van der Waals surface area contributed by atoms with Gasteiger partial charge in [0.2, 0.25) is 0 Å². The van der Waals surface area contributed by atoms with Crippen molar-refractivity contribution in [3.05, 3.63) is 88.0 Å². The maximum absolute atomic E-state index is 13.1. The van der Waals surface area contributed by atoms with Gasteiger partial charge in [-0.15, -0.1) is 0 Å². The largest absolute Gasteiger partial charge is 0.490 e. The quantitative estimate of drug-likeness (QED) is 0.371. The first-order valence-corrected chi connectivity index (χ1v) is 12.3. The number of rotatable bonds is 7. The molecular formula is C24H23N3O7S. The van der Waals surface area contributed by atoms with E-state index < -0.39 is 26.9 Å². The minimum atomic E-state index is -4.18. The van der Waals surface area contributed by atoms with Gasteiger partial charge in [-0.25, -0.2) is 8.42 Å². The number of nitrogens with one attached hydrogen (secondary N) is 2. The molecular weight excluding hydrogens is 474 g/mol. The first kappa shape index (κ1) is 24.0. The zero-order valence-corrected chi connectivity index (χ0v) is 19.6. The molecule has 1 atom stereocenters. The monoisotopic (exact) mass is 497 g/mol. The standard InChI is InChI=1S/C24H23N3O7S/c1-16(17-10-11-22-23(14-17)34-13-5-12-33-22)25-24(28)20-8-2-3-9-21(20)26-35(31,32)19-7-4-6-18(15-19)27(29)30/h2-4,6-11,14-16,26H,5,12-13H2,1H3,(H,25,28). The minimum absolute atomic E-state index is 0.0439. The number of anilines is 1. The summed E-state index contributed by atoms with van der Waals surface area (Å²) in [6.45, 7) is 2.91. The summed E-state index contributed by atoms with van der Waals surface area (Å²) in [6.07, 6.45) is 0.777. The molecule has 4 rings (SSSR count). The topological polar surface area (TPSA) is 137 Å². The second-order valence-corrected chi connectivity index (χ2v) is 9.54. The van der Waals surface area contributed by atoms with Gasteiger partial charge < -0.3 is 14.8 Å². The molecule has 182 valence electrons. The number of para-hydroxylation sites is 1. The molecule has 0 aliphatic carbocycles. The fourth-order valence-corrected chi connectivity index (χ4v) is 4.66. The number of hydrogen-bond acceptors (Lipinski definition) is 7. The molecule has 11 heteroatoms. The van der Waals surface area contributed by atoms with E-state index in [9.17, 15) is 23.3 Å². The number of benzene rings is 3. The number of non-ortho nitro benzene ring substituents is 1. The highest BCUT2D eigenvalue weighted by molar-refractivity contribution is 7.92. The Kier molecular flexibility index (Phi) is 6.87. The maximum Gasteiger partial charge on any atom is 0.270 e. The van der Waals surface area contributed by atoms with Crippen molar-refractivity contribution in [1.82, 2.24) is 5.32 Å². The SMILES string of the molecule is CC(NC(=O)c1ccccc1NS(=O)(=O)c1cccc([N+](=O)[O-])c1)c1ccc2c(c1)OCCCO2. The van der Waals surface area contributed by atoms with Crippen LogP contribution < -0.4 is 19.5 Å². The molecule has 0 radical (unpaired) electrons. The number of carbonyl (C=O) groups is 1. The summed E-state index contributed by atoms with van der Waals surface area (Å²) >= 11 is 0. The Morgan fingerprint density at radius 1 is 1.00 bits per heavy atom. The molecule has 0 bridgehead atoms. The number of sulfonamides is 1. The van der Waals surface area contributed by atoms with Crippen molar-refractivity contribution >= 4 is 27.3 Å². The van der Waals surface area contributed by atoms with Gasteiger partial charge in [-0.3, -0.25) is 19.6 Å². The van der Waals surface area contributed by atoms with Crippen LogP contribution in [-0.2, 0) is 10.0 Å². The first-order chi connectivity index (χ1) is 16.7. The van der Waals surface area contributed by atoms with Crippen LogP contribution in [0.15, 0.2) is 71.6 Å². The molecule has 1 heterocycles. The average molecular weight is 498 g/mol. The number of carbonyl (C=O) groups excluding carboxylic acids is 1. The predicted molar refractivity (Wildman–Crippen MR) is 128 cm³/mol. The Bertz CT molecular complexity index is 1380. The van der Waals surface area contributed by atoms with E-state index in [1.807, 2.05) is 12.1 Å². The zero-order chi connectivity index (χ0) is 25.0. The highest BCUT2D eigenvalue weighted by Crippen LogP contribution is 2.32. The highest BCUT2D eigenvalue weighted by atomic mass is 32.2. The Balaban J connectivity index is 1.54. The van der Waals surface area contributed by atoms with E-state index in [1.165, 1.54) is 30.3 Å². The fraction of sp³-hybridized carbons (Fsp3) is 0.208. The maximum atomic E-state index is 13.1. The summed E-state index contributed by atoms with van der Waals surface area (Å²) in [7, 11) is -4.18. The second-order valence-electron chi connectivity index (χ2n) is 7.86. The van der Waals surface area contributed by atoms with Crippen LogP contribution in [-0.4, -0.2) is 32.5 Å². The normalized spacial score (nSPS) is 13.9. The smallest absolute Gasteiger partial charge is 0.270 e. The van der Waals surface area contributed by atoms with Crippen molar-refractivity contribution in [2.24, 2.45) is 0 Å². The van der Waals surface area contributed by atoms with Gasteiger partial charge in [-0.05, 0) is 42.8 Å². The van der Waals surface area contributed by atoms with Crippen LogP contribution in [0.25, 0.3) is 0 Å². The number of nitrogens with zero attached hydrogens (tertiary/aromatic N) is 1. The van der Waals surface area contributed by atoms with Gasteiger partial charge in [-0.1, -0.05) is 24.3 Å². The molecule has 1 aliphatic rings. The highest BCUT2D eigenvalue weighted by Gasteiger charge is 2.22. The predicted octanol–water partition coefficient (Wildman–Crippen LogP) is 4.05. The van der Waals surface area contributed by atoms with E-state index in [-0.39, 0.29) is 21.8 Å². The molecule has 10 nitrogen and oxygen atoms in total. The Morgan fingerprint density at radius 3 is 2.51 bits per heavy atom. The summed E-state index contributed by atoms with van der Waals surface area (Å²) in [5.74, 6) is 0.749. The summed E-state index contributed by atoms with van der Waals surface area (Å²) in [5.41, 5.74) is 0.574. The number of amides is 1. The molecule has 0 aromatic heterocycles. The molecule has 3 aromatic rings. The van der Waals surface area contributed by atoms with Crippen LogP contribution in [0.5, 0.6) is 11.5 Å². The minimum Gasteiger partial charge on any atom is -0.490 e. The van der Waals surface area contributed by atoms with E-state index in [2.05, 4.69) is 10.0 Å².